The summed E-state index contributed by atoms with van der Waals surface area (Å²) in [5, 5.41) is 6.98. The lowest BCUT2D eigenvalue weighted by Gasteiger charge is -2.09. The number of nitrogens with two attached hydrogens (primary N) is 1. The van der Waals surface area contributed by atoms with Crippen LogP contribution >= 0.6 is 0 Å². The molecule has 0 aliphatic heterocycles. The van der Waals surface area contributed by atoms with Gasteiger partial charge in [-0.1, -0.05) is 6.92 Å². The van der Waals surface area contributed by atoms with Gasteiger partial charge in [-0.2, -0.15) is 5.10 Å². The van der Waals surface area contributed by atoms with Crippen LogP contribution < -0.4 is 11.1 Å². The molecule has 0 spiro atoms. The van der Waals surface area contributed by atoms with Gasteiger partial charge in [0.15, 0.2) is 0 Å². The van der Waals surface area contributed by atoms with Crippen molar-refractivity contribution in [3.05, 3.63) is 12.4 Å². The molecule has 1 aromatic heterocycles. The number of carbonyl (C=O) groups is 1. The summed E-state index contributed by atoms with van der Waals surface area (Å²) in [6, 6.07) is 0.298. The van der Waals surface area contributed by atoms with E-state index in [0.29, 0.717) is 19.0 Å². The monoisotopic (exact) mass is 224 g/mol. The molecule has 0 aliphatic carbocycles. The van der Waals surface area contributed by atoms with Crippen LogP contribution in [0.5, 0.6) is 0 Å². The molecule has 1 rings (SSSR count). The third kappa shape index (κ3) is 3.34. The van der Waals surface area contributed by atoms with E-state index in [1.165, 1.54) is 0 Å². The third-order valence-corrected chi connectivity index (χ3v) is 2.45. The van der Waals surface area contributed by atoms with E-state index < -0.39 is 0 Å². The lowest BCUT2D eigenvalue weighted by atomic mass is 10.1. The van der Waals surface area contributed by atoms with E-state index >= 15 is 0 Å². The predicted molar refractivity (Wildman–Crippen MR) is 64.1 cm³/mol. The van der Waals surface area contributed by atoms with Gasteiger partial charge in [0.2, 0.25) is 5.91 Å². The minimum atomic E-state index is -0.0626. The Morgan fingerprint density at radius 3 is 2.75 bits per heavy atom. The molecule has 1 atom stereocenters. The van der Waals surface area contributed by atoms with E-state index in [-0.39, 0.29) is 11.8 Å². The number of hydrogen-bond donors (Lipinski definition) is 2. The second-order valence-corrected chi connectivity index (χ2v) is 4.27. The fourth-order valence-corrected chi connectivity index (χ4v) is 1.33. The van der Waals surface area contributed by atoms with Crippen molar-refractivity contribution in [1.29, 1.82) is 0 Å². The van der Waals surface area contributed by atoms with Crippen LogP contribution in [0.15, 0.2) is 12.4 Å². The van der Waals surface area contributed by atoms with Gasteiger partial charge in [-0.15, -0.1) is 0 Å². The first-order chi connectivity index (χ1) is 7.54. The Morgan fingerprint density at radius 2 is 2.25 bits per heavy atom. The fourth-order valence-electron chi connectivity index (χ4n) is 1.33. The van der Waals surface area contributed by atoms with Crippen molar-refractivity contribution in [2.45, 2.75) is 33.2 Å². The van der Waals surface area contributed by atoms with Crippen molar-refractivity contribution in [3.63, 3.8) is 0 Å². The number of nitrogens with one attached hydrogen (secondary N) is 1. The van der Waals surface area contributed by atoms with Crippen LogP contribution in [-0.2, 0) is 4.79 Å². The molecule has 0 aliphatic rings. The summed E-state index contributed by atoms with van der Waals surface area (Å²) in [5.74, 6) is -0.0684. The zero-order valence-electron chi connectivity index (χ0n) is 10.1. The number of carbonyl (C=O) groups excluding carboxylic acids is 1. The molecule has 5 nitrogen and oxygen atoms in total. The molecule has 16 heavy (non-hydrogen) atoms. The molecule has 90 valence electrons. The lowest BCUT2D eigenvalue weighted by molar-refractivity contribution is -0.119. The van der Waals surface area contributed by atoms with Gasteiger partial charge < -0.3 is 11.1 Å². The van der Waals surface area contributed by atoms with Crippen LogP contribution in [0.3, 0.4) is 0 Å². The maximum absolute atomic E-state index is 11.7. The minimum absolute atomic E-state index is 0.00578. The molecule has 5 heteroatoms. The first kappa shape index (κ1) is 12.7. The SMILES string of the molecule is CC(CCN)C(=O)Nc1cnn(C(C)C)c1. The van der Waals surface area contributed by atoms with Crippen LogP contribution in [-0.4, -0.2) is 22.2 Å². The van der Waals surface area contributed by atoms with Gasteiger partial charge in [-0.3, -0.25) is 9.48 Å². The summed E-state index contributed by atoms with van der Waals surface area (Å²) in [4.78, 5) is 11.7. The van der Waals surface area contributed by atoms with Gasteiger partial charge in [0.05, 0.1) is 11.9 Å². The zero-order valence-corrected chi connectivity index (χ0v) is 10.1. The minimum Gasteiger partial charge on any atom is -0.330 e. The molecular formula is C11H20N4O. The van der Waals surface area contributed by atoms with Gasteiger partial charge >= 0.3 is 0 Å². The Morgan fingerprint density at radius 1 is 1.56 bits per heavy atom. The van der Waals surface area contributed by atoms with Gasteiger partial charge in [0.25, 0.3) is 0 Å². The van der Waals surface area contributed by atoms with Crippen molar-refractivity contribution in [2.24, 2.45) is 11.7 Å². The van der Waals surface area contributed by atoms with Crippen LogP contribution in [0.25, 0.3) is 0 Å². The Bertz CT molecular complexity index is 346. The zero-order chi connectivity index (χ0) is 12.1. The van der Waals surface area contributed by atoms with E-state index in [1.807, 2.05) is 31.6 Å². The van der Waals surface area contributed by atoms with Crippen molar-refractivity contribution in [2.75, 3.05) is 11.9 Å². The van der Waals surface area contributed by atoms with Gasteiger partial charge in [0, 0.05) is 18.2 Å². The highest BCUT2D eigenvalue weighted by Crippen LogP contribution is 2.12. The average Bonchev–Trinajstić information content (AvgIpc) is 2.66. The van der Waals surface area contributed by atoms with Crippen LogP contribution in [0.4, 0.5) is 5.69 Å². The standard InChI is InChI=1S/C11H20N4O/c1-8(2)15-7-10(6-13-15)14-11(16)9(3)4-5-12/h6-9H,4-5,12H2,1-3H3,(H,14,16). The molecular weight excluding hydrogens is 204 g/mol. The van der Waals surface area contributed by atoms with Gasteiger partial charge in [0.1, 0.15) is 0 Å². The molecule has 1 amide bonds. The molecule has 3 N–H and O–H groups in total. The summed E-state index contributed by atoms with van der Waals surface area (Å²) >= 11 is 0. The third-order valence-electron chi connectivity index (χ3n) is 2.45. The highest BCUT2D eigenvalue weighted by molar-refractivity contribution is 5.91. The van der Waals surface area contributed by atoms with Crippen LogP contribution in [0, 0.1) is 5.92 Å². The molecule has 1 aromatic rings. The summed E-state index contributed by atoms with van der Waals surface area (Å²) in [6.07, 6.45) is 4.19. The van der Waals surface area contributed by atoms with Crippen molar-refractivity contribution < 1.29 is 4.79 Å². The summed E-state index contributed by atoms with van der Waals surface area (Å²) in [5.41, 5.74) is 6.15. The summed E-state index contributed by atoms with van der Waals surface area (Å²) in [7, 11) is 0. The molecule has 1 unspecified atom stereocenters. The number of aromatic nitrogens is 2. The van der Waals surface area contributed by atoms with E-state index in [2.05, 4.69) is 10.4 Å². The van der Waals surface area contributed by atoms with Crippen molar-refractivity contribution in [1.82, 2.24) is 9.78 Å². The van der Waals surface area contributed by atoms with Gasteiger partial charge in [-0.05, 0) is 26.8 Å². The summed E-state index contributed by atoms with van der Waals surface area (Å²) < 4.78 is 1.81. The molecule has 0 saturated heterocycles. The Hall–Kier alpha value is -1.36. The predicted octanol–water partition coefficient (Wildman–Crippen LogP) is 1.39. The van der Waals surface area contributed by atoms with Crippen molar-refractivity contribution >= 4 is 11.6 Å². The largest absolute Gasteiger partial charge is 0.330 e. The van der Waals surface area contributed by atoms with E-state index in [9.17, 15) is 4.79 Å². The second-order valence-electron chi connectivity index (χ2n) is 4.27. The second kappa shape index (κ2) is 5.65. The number of amides is 1. The maximum Gasteiger partial charge on any atom is 0.227 e. The lowest BCUT2D eigenvalue weighted by Crippen LogP contribution is -2.22. The van der Waals surface area contributed by atoms with Crippen LogP contribution in [0.1, 0.15) is 33.2 Å². The van der Waals surface area contributed by atoms with E-state index in [0.717, 1.165) is 5.69 Å². The molecule has 0 bridgehead atoms. The highest BCUT2D eigenvalue weighted by atomic mass is 16.1. The molecule has 0 radical (unpaired) electrons. The maximum atomic E-state index is 11.7. The number of rotatable bonds is 5. The molecule has 0 fully saturated rings. The smallest absolute Gasteiger partial charge is 0.227 e. The van der Waals surface area contributed by atoms with Gasteiger partial charge in [-0.25, -0.2) is 0 Å². The Labute approximate surface area is 96.0 Å². The first-order valence-electron chi connectivity index (χ1n) is 5.59. The Balaban J connectivity index is 2.56. The van der Waals surface area contributed by atoms with E-state index in [4.69, 9.17) is 5.73 Å². The van der Waals surface area contributed by atoms with Crippen molar-refractivity contribution in [3.8, 4) is 0 Å². The molecule has 1 heterocycles. The average molecular weight is 224 g/mol. The normalized spacial score (nSPS) is 12.8. The number of hydrogen-bond acceptors (Lipinski definition) is 3. The first-order valence-corrected chi connectivity index (χ1v) is 5.59. The number of anilines is 1. The van der Waals surface area contributed by atoms with Crippen LogP contribution in [0.2, 0.25) is 0 Å². The Kier molecular flexibility index (Phi) is 4.49. The van der Waals surface area contributed by atoms with E-state index in [1.54, 1.807) is 6.20 Å². The quantitative estimate of drug-likeness (QED) is 0.793. The molecule has 0 saturated carbocycles. The fraction of sp³-hybridized carbons (Fsp3) is 0.636. The number of nitrogens with zero attached hydrogens (tertiary/aromatic N) is 2. The highest BCUT2D eigenvalue weighted by Gasteiger charge is 2.12. The summed E-state index contributed by atoms with van der Waals surface area (Å²) in [6.45, 7) is 6.47. The topological polar surface area (TPSA) is 72.9 Å². The molecule has 0 aromatic carbocycles.